The molecule has 0 aliphatic carbocycles. The predicted octanol–water partition coefficient (Wildman–Crippen LogP) is 3.13. The smallest absolute Gasteiger partial charge is 0.255 e. The first-order valence-corrected chi connectivity index (χ1v) is 5.91. The molecule has 0 saturated heterocycles. The van der Waals surface area contributed by atoms with Crippen LogP contribution in [0.1, 0.15) is 28.9 Å². The van der Waals surface area contributed by atoms with E-state index in [1.165, 1.54) is 18.2 Å². The van der Waals surface area contributed by atoms with E-state index in [0.717, 1.165) is 5.56 Å². The summed E-state index contributed by atoms with van der Waals surface area (Å²) >= 11 is 0. The third-order valence-corrected chi connectivity index (χ3v) is 2.74. The van der Waals surface area contributed by atoms with Crippen molar-refractivity contribution in [3.63, 3.8) is 0 Å². The Bertz CT molecular complexity index is 579. The van der Waals surface area contributed by atoms with Gasteiger partial charge in [-0.1, -0.05) is 18.2 Å². The molecular formula is C15H14FNO2. The molecule has 0 aliphatic rings. The lowest BCUT2D eigenvalue weighted by Gasteiger charge is -2.08. The van der Waals surface area contributed by atoms with Gasteiger partial charge in [-0.2, -0.15) is 0 Å². The summed E-state index contributed by atoms with van der Waals surface area (Å²) in [5, 5.41) is 12.0. The minimum absolute atomic E-state index is 0.264. The van der Waals surface area contributed by atoms with Crippen molar-refractivity contribution in [2.24, 2.45) is 0 Å². The molecule has 0 radical (unpaired) electrons. The van der Waals surface area contributed by atoms with Crippen LogP contribution in [-0.4, -0.2) is 11.0 Å². The average Bonchev–Trinajstić information content (AvgIpc) is 2.39. The first kappa shape index (κ1) is 13.2. The Balaban J connectivity index is 2.10. The lowest BCUT2D eigenvalue weighted by atomic mass is 10.1. The number of halogens is 1. The Hall–Kier alpha value is -2.20. The van der Waals surface area contributed by atoms with Crippen LogP contribution in [-0.2, 0) is 0 Å². The second kappa shape index (κ2) is 5.63. The third-order valence-electron chi connectivity index (χ3n) is 2.74. The molecule has 1 amide bonds. The molecular weight excluding hydrogens is 245 g/mol. The molecule has 19 heavy (non-hydrogen) atoms. The van der Waals surface area contributed by atoms with Crippen molar-refractivity contribution in [2.45, 2.75) is 13.0 Å². The van der Waals surface area contributed by atoms with Crippen LogP contribution in [0.4, 0.5) is 10.1 Å². The number of aliphatic hydroxyl groups excluding tert-OH is 1. The van der Waals surface area contributed by atoms with Crippen molar-refractivity contribution in [1.82, 2.24) is 0 Å². The second-order valence-electron chi connectivity index (χ2n) is 4.26. The number of benzene rings is 2. The van der Waals surface area contributed by atoms with Gasteiger partial charge in [0.15, 0.2) is 0 Å². The molecule has 0 fully saturated rings. The Morgan fingerprint density at radius 3 is 2.47 bits per heavy atom. The van der Waals surface area contributed by atoms with Crippen molar-refractivity contribution in [1.29, 1.82) is 0 Å². The molecule has 0 spiro atoms. The molecule has 0 bridgehead atoms. The van der Waals surface area contributed by atoms with Gasteiger partial charge < -0.3 is 10.4 Å². The van der Waals surface area contributed by atoms with Gasteiger partial charge in [0.1, 0.15) is 5.82 Å². The average molecular weight is 259 g/mol. The number of hydrogen-bond acceptors (Lipinski definition) is 2. The highest BCUT2D eigenvalue weighted by Crippen LogP contribution is 2.16. The molecule has 2 aromatic carbocycles. The Morgan fingerprint density at radius 2 is 1.89 bits per heavy atom. The van der Waals surface area contributed by atoms with E-state index in [0.29, 0.717) is 5.69 Å². The summed E-state index contributed by atoms with van der Waals surface area (Å²) in [5.41, 5.74) is 1.63. The molecule has 0 aliphatic heterocycles. The van der Waals surface area contributed by atoms with Crippen LogP contribution < -0.4 is 5.32 Å². The lowest BCUT2D eigenvalue weighted by molar-refractivity contribution is 0.102. The maximum absolute atomic E-state index is 13.0. The molecule has 4 heteroatoms. The molecule has 2 aromatic rings. The van der Waals surface area contributed by atoms with Gasteiger partial charge in [0.25, 0.3) is 5.91 Å². The second-order valence-corrected chi connectivity index (χ2v) is 4.26. The molecule has 2 N–H and O–H groups in total. The van der Waals surface area contributed by atoms with Gasteiger partial charge in [0, 0.05) is 11.3 Å². The minimum atomic E-state index is -0.548. The number of aliphatic hydroxyl groups is 1. The third kappa shape index (κ3) is 3.39. The maximum atomic E-state index is 13.0. The van der Waals surface area contributed by atoms with Crippen LogP contribution in [0.25, 0.3) is 0 Å². The van der Waals surface area contributed by atoms with Crippen LogP contribution in [0.3, 0.4) is 0 Å². The number of hydrogen-bond donors (Lipinski definition) is 2. The molecule has 0 aromatic heterocycles. The summed E-state index contributed by atoms with van der Waals surface area (Å²) in [6, 6.07) is 12.3. The quantitative estimate of drug-likeness (QED) is 0.889. The predicted molar refractivity (Wildman–Crippen MR) is 71.4 cm³/mol. The van der Waals surface area contributed by atoms with Gasteiger partial charge in [-0.25, -0.2) is 4.39 Å². The number of carbonyl (C=O) groups excluding carboxylic acids is 1. The van der Waals surface area contributed by atoms with Crippen molar-refractivity contribution in [3.8, 4) is 0 Å². The fourth-order valence-electron chi connectivity index (χ4n) is 1.68. The topological polar surface area (TPSA) is 49.3 Å². The molecule has 1 atom stereocenters. The summed E-state index contributed by atoms with van der Waals surface area (Å²) in [7, 11) is 0. The molecule has 0 heterocycles. The SMILES string of the molecule is C[C@H](O)c1ccc(NC(=O)c2cccc(F)c2)cc1. The number of nitrogens with one attached hydrogen (secondary N) is 1. The number of rotatable bonds is 3. The van der Waals surface area contributed by atoms with E-state index >= 15 is 0 Å². The van der Waals surface area contributed by atoms with Crippen LogP contribution in [0.2, 0.25) is 0 Å². The standard InChI is InChI=1S/C15H14FNO2/c1-10(18)11-5-7-14(8-6-11)17-15(19)12-3-2-4-13(16)9-12/h2-10,18H,1H3,(H,17,19)/t10-/m0/s1. The fraction of sp³-hybridized carbons (Fsp3) is 0.133. The number of anilines is 1. The zero-order valence-electron chi connectivity index (χ0n) is 10.4. The van der Waals surface area contributed by atoms with E-state index < -0.39 is 11.9 Å². The van der Waals surface area contributed by atoms with Gasteiger partial charge >= 0.3 is 0 Å². The van der Waals surface area contributed by atoms with E-state index in [2.05, 4.69) is 5.32 Å². The highest BCUT2D eigenvalue weighted by atomic mass is 19.1. The largest absolute Gasteiger partial charge is 0.389 e. The molecule has 0 saturated carbocycles. The van der Waals surface area contributed by atoms with Crippen LogP contribution in [0.15, 0.2) is 48.5 Å². The zero-order chi connectivity index (χ0) is 13.8. The normalized spacial score (nSPS) is 11.9. The van der Waals surface area contributed by atoms with Gasteiger partial charge in [0.05, 0.1) is 6.10 Å². The van der Waals surface area contributed by atoms with E-state index in [9.17, 15) is 14.3 Å². The van der Waals surface area contributed by atoms with Gasteiger partial charge in [-0.3, -0.25) is 4.79 Å². The summed E-state index contributed by atoms with van der Waals surface area (Å²) in [6.07, 6.45) is -0.548. The Kier molecular flexibility index (Phi) is 3.92. The summed E-state index contributed by atoms with van der Waals surface area (Å²) in [4.78, 5) is 11.9. The summed E-state index contributed by atoms with van der Waals surface area (Å²) in [6.45, 7) is 1.67. The van der Waals surface area contributed by atoms with Gasteiger partial charge in [-0.05, 0) is 42.8 Å². The first-order valence-electron chi connectivity index (χ1n) is 5.91. The van der Waals surface area contributed by atoms with Crippen LogP contribution in [0.5, 0.6) is 0 Å². The van der Waals surface area contributed by atoms with Gasteiger partial charge in [-0.15, -0.1) is 0 Å². The van der Waals surface area contributed by atoms with Crippen molar-refractivity contribution in [2.75, 3.05) is 5.32 Å². The van der Waals surface area contributed by atoms with Crippen molar-refractivity contribution < 1.29 is 14.3 Å². The number of carbonyl (C=O) groups is 1. The Labute approximate surface area is 110 Å². The molecule has 98 valence electrons. The summed E-state index contributed by atoms with van der Waals surface area (Å²) in [5.74, 6) is -0.818. The van der Waals surface area contributed by atoms with E-state index in [1.54, 1.807) is 37.3 Å². The Morgan fingerprint density at radius 1 is 1.21 bits per heavy atom. The van der Waals surface area contributed by atoms with Crippen molar-refractivity contribution >= 4 is 11.6 Å². The minimum Gasteiger partial charge on any atom is -0.389 e. The highest BCUT2D eigenvalue weighted by molar-refractivity contribution is 6.04. The van der Waals surface area contributed by atoms with Crippen molar-refractivity contribution in [3.05, 3.63) is 65.5 Å². The van der Waals surface area contributed by atoms with E-state index in [1.807, 2.05) is 0 Å². The molecule has 3 nitrogen and oxygen atoms in total. The molecule has 2 rings (SSSR count). The van der Waals surface area contributed by atoms with E-state index in [4.69, 9.17) is 0 Å². The van der Waals surface area contributed by atoms with Crippen LogP contribution >= 0.6 is 0 Å². The highest BCUT2D eigenvalue weighted by Gasteiger charge is 2.07. The lowest BCUT2D eigenvalue weighted by Crippen LogP contribution is -2.12. The number of amides is 1. The zero-order valence-corrected chi connectivity index (χ0v) is 10.4. The fourth-order valence-corrected chi connectivity index (χ4v) is 1.68. The molecule has 0 unspecified atom stereocenters. The van der Waals surface area contributed by atoms with Crippen LogP contribution in [0, 0.1) is 5.82 Å². The van der Waals surface area contributed by atoms with E-state index in [-0.39, 0.29) is 11.5 Å². The maximum Gasteiger partial charge on any atom is 0.255 e. The van der Waals surface area contributed by atoms with Gasteiger partial charge in [0.2, 0.25) is 0 Å². The monoisotopic (exact) mass is 259 g/mol. The summed E-state index contributed by atoms with van der Waals surface area (Å²) < 4.78 is 13.0. The first-order chi connectivity index (χ1) is 9.06.